The van der Waals surface area contributed by atoms with E-state index in [2.05, 4.69) is 22.6 Å². The summed E-state index contributed by atoms with van der Waals surface area (Å²) in [4.78, 5) is 14.2. The van der Waals surface area contributed by atoms with Gasteiger partial charge in [-0.25, -0.2) is 0 Å². The third kappa shape index (κ3) is 2.80. The number of nitrogens with zero attached hydrogens (tertiary/aromatic N) is 1. The lowest BCUT2D eigenvalue weighted by Crippen LogP contribution is -2.29. The summed E-state index contributed by atoms with van der Waals surface area (Å²) in [5, 5.41) is 9.10. The Bertz CT molecular complexity index is 433. The van der Waals surface area contributed by atoms with Gasteiger partial charge < -0.3 is 10.0 Å². The lowest BCUT2D eigenvalue weighted by atomic mass is 10.1. The van der Waals surface area contributed by atoms with Gasteiger partial charge in [0.25, 0.3) is 5.91 Å². The molecule has 1 aromatic rings. The van der Waals surface area contributed by atoms with E-state index in [-0.39, 0.29) is 18.4 Å². The maximum atomic E-state index is 12.3. The van der Waals surface area contributed by atoms with Gasteiger partial charge in [0.2, 0.25) is 0 Å². The van der Waals surface area contributed by atoms with E-state index in [1.807, 2.05) is 30.0 Å². The van der Waals surface area contributed by atoms with Crippen LogP contribution in [0.25, 0.3) is 0 Å². The minimum absolute atomic E-state index is 0.0917. The van der Waals surface area contributed by atoms with Gasteiger partial charge in [0, 0.05) is 29.2 Å². The van der Waals surface area contributed by atoms with Crippen molar-refractivity contribution in [1.29, 1.82) is 0 Å². The van der Waals surface area contributed by atoms with Crippen LogP contribution in [0, 0.1) is 16.4 Å². The molecule has 0 radical (unpaired) electrons. The highest BCUT2D eigenvalue weighted by Gasteiger charge is 2.27. The Kier molecular flexibility index (Phi) is 4.04. The molecule has 0 aromatic heterocycles. The first-order valence-corrected chi connectivity index (χ1v) is 6.86. The first-order chi connectivity index (χ1) is 8.11. The van der Waals surface area contributed by atoms with Gasteiger partial charge in [0.15, 0.2) is 0 Å². The molecular formula is C13H16INO2. The third-order valence-corrected chi connectivity index (χ3v) is 4.12. The fraction of sp³-hybridized carbons (Fsp3) is 0.462. The summed E-state index contributed by atoms with van der Waals surface area (Å²) in [6.45, 7) is 3.61. The van der Waals surface area contributed by atoms with Gasteiger partial charge in [-0.05, 0) is 48.1 Å². The lowest BCUT2D eigenvalue weighted by Gasteiger charge is -2.17. The number of rotatable bonds is 2. The normalized spacial score (nSPS) is 19.7. The van der Waals surface area contributed by atoms with Crippen LogP contribution in [0.5, 0.6) is 0 Å². The van der Waals surface area contributed by atoms with Crippen molar-refractivity contribution < 1.29 is 9.90 Å². The second-order valence-electron chi connectivity index (χ2n) is 4.57. The third-order valence-electron chi connectivity index (χ3n) is 3.18. The highest BCUT2D eigenvalue weighted by Crippen LogP contribution is 2.21. The zero-order chi connectivity index (χ0) is 12.4. The number of halogens is 1. The van der Waals surface area contributed by atoms with Gasteiger partial charge in [0.1, 0.15) is 0 Å². The van der Waals surface area contributed by atoms with Crippen molar-refractivity contribution in [3.8, 4) is 0 Å². The Hall–Kier alpha value is -0.620. The predicted octanol–water partition coefficient (Wildman–Crippen LogP) is 2.05. The number of aryl methyl sites for hydroxylation is 1. The van der Waals surface area contributed by atoms with Gasteiger partial charge in [-0.2, -0.15) is 0 Å². The number of hydrogen-bond donors (Lipinski definition) is 1. The van der Waals surface area contributed by atoms with Crippen molar-refractivity contribution >= 4 is 28.5 Å². The second kappa shape index (κ2) is 5.35. The monoisotopic (exact) mass is 345 g/mol. The zero-order valence-corrected chi connectivity index (χ0v) is 12.0. The van der Waals surface area contributed by atoms with Crippen molar-refractivity contribution in [2.24, 2.45) is 5.92 Å². The molecule has 0 bridgehead atoms. The molecule has 1 saturated heterocycles. The Morgan fingerprint density at radius 1 is 1.59 bits per heavy atom. The topological polar surface area (TPSA) is 40.5 Å². The van der Waals surface area contributed by atoms with Gasteiger partial charge in [-0.3, -0.25) is 4.79 Å². The fourth-order valence-electron chi connectivity index (χ4n) is 2.14. The molecule has 1 heterocycles. The van der Waals surface area contributed by atoms with Crippen LogP contribution in [0.2, 0.25) is 0 Å². The molecule has 1 fully saturated rings. The van der Waals surface area contributed by atoms with Gasteiger partial charge in [0.05, 0.1) is 5.56 Å². The van der Waals surface area contributed by atoms with Crippen LogP contribution in [-0.2, 0) is 0 Å². The van der Waals surface area contributed by atoms with Crippen LogP contribution in [-0.4, -0.2) is 35.6 Å². The highest BCUT2D eigenvalue weighted by molar-refractivity contribution is 14.1. The average Bonchev–Trinajstić information content (AvgIpc) is 2.80. The molecule has 17 heavy (non-hydrogen) atoms. The molecule has 4 heteroatoms. The molecule has 2 rings (SSSR count). The van der Waals surface area contributed by atoms with E-state index in [0.717, 1.165) is 27.7 Å². The molecule has 1 amide bonds. The van der Waals surface area contributed by atoms with Gasteiger partial charge in [-0.1, -0.05) is 11.6 Å². The molecule has 0 spiro atoms. The Labute approximate surface area is 115 Å². The smallest absolute Gasteiger partial charge is 0.254 e. The number of benzene rings is 1. The number of likely N-dealkylation sites (tertiary alicyclic amines) is 1. The maximum absolute atomic E-state index is 12.3. The van der Waals surface area contributed by atoms with Crippen LogP contribution in [0.1, 0.15) is 22.3 Å². The zero-order valence-electron chi connectivity index (χ0n) is 9.82. The van der Waals surface area contributed by atoms with Crippen LogP contribution in [0.4, 0.5) is 0 Å². The molecule has 3 nitrogen and oxygen atoms in total. The summed E-state index contributed by atoms with van der Waals surface area (Å²) in [6, 6.07) is 5.93. The van der Waals surface area contributed by atoms with E-state index in [1.165, 1.54) is 0 Å². The van der Waals surface area contributed by atoms with Gasteiger partial charge in [-0.15, -0.1) is 0 Å². The van der Waals surface area contributed by atoms with Crippen molar-refractivity contribution in [2.45, 2.75) is 13.3 Å². The average molecular weight is 345 g/mol. The van der Waals surface area contributed by atoms with Crippen LogP contribution in [0.15, 0.2) is 18.2 Å². The summed E-state index contributed by atoms with van der Waals surface area (Å²) in [6.07, 6.45) is 0.907. The highest BCUT2D eigenvalue weighted by atomic mass is 127. The minimum Gasteiger partial charge on any atom is -0.396 e. The van der Waals surface area contributed by atoms with Crippen LogP contribution >= 0.6 is 22.6 Å². The number of carbonyl (C=O) groups excluding carboxylic acids is 1. The molecule has 0 aliphatic carbocycles. The molecule has 1 aromatic carbocycles. The maximum Gasteiger partial charge on any atom is 0.254 e. The van der Waals surface area contributed by atoms with Crippen LogP contribution in [0.3, 0.4) is 0 Å². The quantitative estimate of drug-likeness (QED) is 0.834. The molecule has 1 N–H and O–H groups in total. The van der Waals surface area contributed by atoms with E-state index in [9.17, 15) is 4.79 Å². The molecule has 1 unspecified atom stereocenters. The largest absolute Gasteiger partial charge is 0.396 e. The van der Waals surface area contributed by atoms with E-state index in [1.54, 1.807) is 0 Å². The van der Waals surface area contributed by atoms with Crippen LogP contribution < -0.4 is 0 Å². The van der Waals surface area contributed by atoms with Crippen molar-refractivity contribution in [3.05, 3.63) is 32.9 Å². The Morgan fingerprint density at radius 2 is 2.35 bits per heavy atom. The summed E-state index contributed by atoms with van der Waals surface area (Å²) < 4.78 is 0.991. The lowest BCUT2D eigenvalue weighted by molar-refractivity contribution is 0.0780. The summed E-state index contributed by atoms with van der Waals surface area (Å²) in [5.74, 6) is 0.343. The predicted molar refractivity (Wildman–Crippen MR) is 75.0 cm³/mol. The van der Waals surface area contributed by atoms with Gasteiger partial charge >= 0.3 is 0 Å². The molecule has 1 atom stereocenters. The Balaban J connectivity index is 2.17. The standard InChI is InChI=1S/C13H16INO2/c1-9-2-3-12(14)11(6-9)13(17)15-5-4-10(7-15)8-16/h2-3,6,10,16H,4-5,7-8H2,1H3. The molecule has 0 saturated carbocycles. The van der Waals surface area contributed by atoms with E-state index >= 15 is 0 Å². The van der Waals surface area contributed by atoms with Crippen molar-refractivity contribution in [1.82, 2.24) is 4.90 Å². The van der Waals surface area contributed by atoms with E-state index in [0.29, 0.717) is 6.54 Å². The Morgan fingerprint density at radius 3 is 3.00 bits per heavy atom. The number of amides is 1. The first kappa shape index (κ1) is 12.8. The number of aliphatic hydroxyl groups is 1. The molecular weight excluding hydrogens is 329 g/mol. The number of hydrogen-bond acceptors (Lipinski definition) is 2. The number of carbonyl (C=O) groups is 1. The molecule has 92 valence electrons. The molecule has 1 aliphatic heterocycles. The van der Waals surface area contributed by atoms with E-state index in [4.69, 9.17) is 5.11 Å². The molecule has 1 aliphatic rings. The summed E-state index contributed by atoms with van der Waals surface area (Å²) >= 11 is 2.20. The fourth-order valence-corrected chi connectivity index (χ4v) is 2.71. The summed E-state index contributed by atoms with van der Waals surface area (Å²) in [7, 11) is 0. The van der Waals surface area contributed by atoms with Crippen molar-refractivity contribution in [3.63, 3.8) is 0 Å². The summed E-state index contributed by atoms with van der Waals surface area (Å²) in [5.41, 5.74) is 1.89. The second-order valence-corrected chi connectivity index (χ2v) is 5.73. The first-order valence-electron chi connectivity index (χ1n) is 5.78. The minimum atomic E-state index is 0.0917. The van der Waals surface area contributed by atoms with Crippen molar-refractivity contribution in [2.75, 3.05) is 19.7 Å². The SMILES string of the molecule is Cc1ccc(I)c(C(=O)N2CCC(CO)C2)c1. The number of aliphatic hydroxyl groups excluding tert-OH is 1. The van der Waals surface area contributed by atoms with E-state index < -0.39 is 0 Å².